The van der Waals surface area contributed by atoms with Crippen molar-refractivity contribution in [1.82, 2.24) is 5.32 Å². The molecule has 0 aliphatic rings. The molecule has 0 aromatic heterocycles. The molecule has 3 N–H and O–H groups in total. The third-order valence-electron chi connectivity index (χ3n) is 3.57. The van der Waals surface area contributed by atoms with Crippen LogP contribution >= 0.6 is 0 Å². The van der Waals surface area contributed by atoms with Gasteiger partial charge in [0.05, 0.1) is 16.8 Å². The number of carboxylic acid groups (broad SMARTS) is 1. The average Bonchev–Trinajstić information content (AvgIpc) is 2.44. The van der Waals surface area contributed by atoms with Crippen LogP contribution in [-0.2, 0) is 4.79 Å². The molecule has 0 saturated heterocycles. The lowest BCUT2D eigenvalue weighted by Crippen LogP contribution is -2.42. The van der Waals surface area contributed by atoms with Gasteiger partial charge >= 0.3 is 12.0 Å². The zero-order chi connectivity index (χ0) is 16.0. The first-order valence-corrected chi connectivity index (χ1v) is 6.85. The summed E-state index contributed by atoms with van der Waals surface area (Å²) >= 11 is 0. The highest BCUT2D eigenvalue weighted by molar-refractivity contribution is 5.93. The van der Waals surface area contributed by atoms with E-state index in [0.29, 0.717) is 12.1 Å². The number of amides is 2. The summed E-state index contributed by atoms with van der Waals surface area (Å²) < 4.78 is 0. The molecule has 6 nitrogen and oxygen atoms in total. The molecule has 0 radical (unpaired) electrons. The Bertz CT molecular complexity index is 517. The van der Waals surface area contributed by atoms with Crippen molar-refractivity contribution in [1.29, 1.82) is 0 Å². The first-order valence-electron chi connectivity index (χ1n) is 6.85. The lowest BCUT2D eigenvalue weighted by atomic mass is 9.88. The maximum absolute atomic E-state index is 11.9. The lowest BCUT2D eigenvalue weighted by Gasteiger charge is -2.24. The van der Waals surface area contributed by atoms with Crippen molar-refractivity contribution in [2.24, 2.45) is 5.41 Å². The summed E-state index contributed by atoms with van der Waals surface area (Å²) in [5.74, 6) is -0.918. The average molecular weight is 293 g/mol. The molecule has 1 aromatic rings. The Labute approximate surface area is 125 Å². The van der Waals surface area contributed by atoms with E-state index in [1.165, 1.54) is 0 Å². The molecule has 21 heavy (non-hydrogen) atoms. The summed E-state index contributed by atoms with van der Waals surface area (Å²) in [7, 11) is 3.77. The number of carboxylic acids is 1. The van der Waals surface area contributed by atoms with Crippen LogP contribution in [0.25, 0.3) is 0 Å². The Balaban J connectivity index is 2.69. The summed E-state index contributed by atoms with van der Waals surface area (Å²) in [5.41, 5.74) is 0.593. The number of rotatable bonds is 6. The van der Waals surface area contributed by atoms with E-state index in [9.17, 15) is 14.7 Å². The Kier molecular flexibility index (Phi) is 5.58. The van der Waals surface area contributed by atoms with Gasteiger partial charge in [0.25, 0.3) is 0 Å². The highest BCUT2D eigenvalue weighted by Crippen LogP contribution is 2.23. The van der Waals surface area contributed by atoms with Crippen molar-refractivity contribution in [2.45, 2.75) is 20.3 Å². The third-order valence-corrected chi connectivity index (χ3v) is 3.57. The van der Waals surface area contributed by atoms with Gasteiger partial charge in [-0.15, -0.1) is 0 Å². The Morgan fingerprint density at radius 1 is 1.29 bits per heavy atom. The summed E-state index contributed by atoms with van der Waals surface area (Å²) in [6.07, 6.45) is 0.441. The lowest BCUT2D eigenvalue weighted by molar-refractivity contribution is -0.147. The van der Waals surface area contributed by atoms with Crippen molar-refractivity contribution in [3.05, 3.63) is 24.3 Å². The molecule has 0 bridgehead atoms. The van der Waals surface area contributed by atoms with Crippen LogP contribution in [0.5, 0.6) is 0 Å². The molecule has 0 saturated carbocycles. The van der Waals surface area contributed by atoms with Gasteiger partial charge in [0.1, 0.15) is 0 Å². The van der Waals surface area contributed by atoms with Crippen molar-refractivity contribution >= 4 is 23.4 Å². The summed E-state index contributed by atoms with van der Waals surface area (Å²) in [6, 6.07) is 6.99. The molecule has 1 unspecified atom stereocenters. The van der Waals surface area contributed by atoms with Gasteiger partial charge in [0.15, 0.2) is 0 Å². The van der Waals surface area contributed by atoms with Crippen molar-refractivity contribution in [3.8, 4) is 0 Å². The number of benzene rings is 1. The standard InChI is InChI=1S/C15H23N3O3/c1-5-15(2,13(19)20)10-16-14(21)17-11-8-6-7-9-12(11)18(3)4/h6-9H,5,10H2,1-4H3,(H,19,20)(H2,16,17,21). The molecular weight excluding hydrogens is 270 g/mol. The SMILES string of the molecule is CCC(C)(CNC(=O)Nc1ccccc1N(C)C)C(=O)O. The van der Waals surface area contributed by atoms with E-state index >= 15 is 0 Å². The highest BCUT2D eigenvalue weighted by Gasteiger charge is 2.31. The predicted molar refractivity (Wildman–Crippen MR) is 83.8 cm³/mol. The molecule has 116 valence electrons. The Morgan fingerprint density at radius 3 is 2.43 bits per heavy atom. The maximum Gasteiger partial charge on any atom is 0.319 e. The van der Waals surface area contributed by atoms with Crippen LogP contribution in [0.1, 0.15) is 20.3 Å². The molecular formula is C15H23N3O3. The monoisotopic (exact) mass is 293 g/mol. The zero-order valence-corrected chi connectivity index (χ0v) is 12.9. The number of aliphatic carboxylic acids is 1. The first-order chi connectivity index (χ1) is 9.80. The van der Waals surface area contributed by atoms with E-state index in [0.717, 1.165) is 5.69 Å². The van der Waals surface area contributed by atoms with Gasteiger partial charge in [-0.05, 0) is 25.5 Å². The second-order valence-electron chi connectivity index (χ2n) is 5.44. The topological polar surface area (TPSA) is 81.7 Å². The van der Waals surface area contributed by atoms with Crippen LogP contribution in [0.15, 0.2) is 24.3 Å². The molecule has 2 amide bonds. The molecule has 1 rings (SSSR count). The van der Waals surface area contributed by atoms with Crippen LogP contribution in [0, 0.1) is 5.41 Å². The molecule has 1 atom stereocenters. The fourth-order valence-electron chi connectivity index (χ4n) is 1.76. The van der Waals surface area contributed by atoms with Gasteiger partial charge in [-0.3, -0.25) is 4.79 Å². The molecule has 0 fully saturated rings. The number of para-hydroxylation sites is 2. The van der Waals surface area contributed by atoms with Crippen LogP contribution < -0.4 is 15.5 Å². The van der Waals surface area contributed by atoms with Gasteiger partial charge in [0.2, 0.25) is 0 Å². The van der Waals surface area contributed by atoms with Crippen LogP contribution in [0.4, 0.5) is 16.2 Å². The number of hydrogen-bond acceptors (Lipinski definition) is 3. The minimum Gasteiger partial charge on any atom is -0.481 e. The highest BCUT2D eigenvalue weighted by atomic mass is 16.4. The smallest absolute Gasteiger partial charge is 0.319 e. The first kappa shape index (κ1) is 16.8. The molecule has 0 spiro atoms. The fraction of sp³-hybridized carbons (Fsp3) is 0.467. The molecule has 0 heterocycles. The Morgan fingerprint density at radius 2 is 1.90 bits per heavy atom. The van der Waals surface area contributed by atoms with E-state index < -0.39 is 17.4 Å². The minimum atomic E-state index is -0.960. The van der Waals surface area contributed by atoms with Crippen LogP contribution in [0.3, 0.4) is 0 Å². The second kappa shape index (κ2) is 6.97. The van der Waals surface area contributed by atoms with E-state index in [-0.39, 0.29) is 6.54 Å². The van der Waals surface area contributed by atoms with Crippen molar-refractivity contribution in [2.75, 3.05) is 30.9 Å². The summed E-state index contributed by atoms with van der Waals surface area (Å²) in [4.78, 5) is 25.0. The third kappa shape index (κ3) is 4.37. The van der Waals surface area contributed by atoms with Crippen molar-refractivity contribution < 1.29 is 14.7 Å². The van der Waals surface area contributed by atoms with Gasteiger partial charge < -0.3 is 20.6 Å². The van der Waals surface area contributed by atoms with Gasteiger partial charge in [-0.1, -0.05) is 19.1 Å². The number of carbonyl (C=O) groups is 2. The number of nitrogens with zero attached hydrogens (tertiary/aromatic N) is 1. The molecule has 0 aliphatic heterocycles. The summed E-state index contributed by atoms with van der Waals surface area (Å²) in [6.45, 7) is 3.48. The predicted octanol–water partition coefficient (Wildman–Crippen LogP) is 2.38. The van der Waals surface area contributed by atoms with E-state index in [1.54, 1.807) is 19.9 Å². The van der Waals surface area contributed by atoms with Gasteiger partial charge in [0, 0.05) is 20.6 Å². The van der Waals surface area contributed by atoms with E-state index in [1.807, 2.05) is 37.2 Å². The van der Waals surface area contributed by atoms with E-state index in [2.05, 4.69) is 10.6 Å². The number of carbonyl (C=O) groups excluding carboxylic acids is 1. The fourth-order valence-corrected chi connectivity index (χ4v) is 1.76. The Hall–Kier alpha value is -2.24. The van der Waals surface area contributed by atoms with Crippen LogP contribution in [0.2, 0.25) is 0 Å². The molecule has 0 aliphatic carbocycles. The molecule has 6 heteroatoms. The zero-order valence-electron chi connectivity index (χ0n) is 12.9. The number of hydrogen-bond donors (Lipinski definition) is 3. The quantitative estimate of drug-likeness (QED) is 0.752. The van der Waals surface area contributed by atoms with Gasteiger partial charge in [-0.25, -0.2) is 4.79 Å². The van der Waals surface area contributed by atoms with Gasteiger partial charge in [-0.2, -0.15) is 0 Å². The van der Waals surface area contributed by atoms with Crippen LogP contribution in [-0.4, -0.2) is 37.7 Å². The number of nitrogens with one attached hydrogen (secondary N) is 2. The van der Waals surface area contributed by atoms with E-state index in [4.69, 9.17) is 0 Å². The maximum atomic E-state index is 11.9. The second-order valence-corrected chi connectivity index (χ2v) is 5.44. The normalized spacial score (nSPS) is 13.1. The summed E-state index contributed by atoms with van der Waals surface area (Å²) in [5, 5.41) is 14.5. The largest absolute Gasteiger partial charge is 0.481 e. The molecule has 1 aromatic carbocycles. The number of urea groups is 1. The minimum absolute atomic E-state index is 0.0782. The van der Waals surface area contributed by atoms with Crippen molar-refractivity contribution in [3.63, 3.8) is 0 Å². The number of anilines is 2.